The minimum atomic E-state index is 0.0569. The molecule has 0 spiro atoms. The monoisotopic (exact) mass is 371 g/mol. The Morgan fingerprint density at radius 1 is 1.16 bits per heavy atom. The molecule has 4 nitrogen and oxygen atoms in total. The average molecular weight is 372 g/mol. The number of fused-ring (bicyclic) bond motifs is 1. The highest BCUT2D eigenvalue weighted by Crippen LogP contribution is 2.29. The second-order valence-electron chi connectivity index (χ2n) is 5.69. The quantitative estimate of drug-likeness (QED) is 0.352. The molecule has 1 aromatic carbocycles. The summed E-state index contributed by atoms with van der Waals surface area (Å²) < 4.78 is 0. The van der Waals surface area contributed by atoms with E-state index in [0.717, 1.165) is 52.4 Å². The first-order valence-electron chi connectivity index (χ1n) is 8.48. The topological polar surface area (TPSA) is 54.9 Å². The summed E-state index contributed by atoms with van der Waals surface area (Å²) in [4.78, 5) is 22.5. The van der Waals surface area contributed by atoms with Gasteiger partial charge in [0, 0.05) is 11.9 Å². The molecule has 0 saturated carbocycles. The number of aromatic nitrogens is 2. The van der Waals surface area contributed by atoms with Gasteiger partial charge in [-0.2, -0.15) is 0 Å². The SMILES string of the molecule is CCCCCNC(=O)CSc1nc(-c2cccs2)nc2ccccc12. The number of thiophene rings is 1. The Bertz CT molecular complexity index is 834. The lowest BCUT2D eigenvalue weighted by molar-refractivity contribution is -0.118. The van der Waals surface area contributed by atoms with Crippen molar-refractivity contribution in [2.24, 2.45) is 0 Å². The molecule has 0 bridgehead atoms. The molecule has 1 amide bonds. The molecule has 2 heterocycles. The highest BCUT2D eigenvalue weighted by atomic mass is 32.2. The van der Waals surface area contributed by atoms with Crippen LogP contribution in [0.5, 0.6) is 0 Å². The summed E-state index contributed by atoms with van der Waals surface area (Å²) in [6, 6.07) is 12.0. The lowest BCUT2D eigenvalue weighted by Gasteiger charge is -2.08. The highest BCUT2D eigenvalue weighted by molar-refractivity contribution is 8.00. The van der Waals surface area contributed by atoms with Crippen LogP contribution >= 0.6 is 23.1 Å². The van der Waals surface area contributed by atoms with E-state index in [1.807, 2.05) is 41.8 Å². The minimum Gasteiger partial charge on any atom is -0.355 e. The normalized spacial score (nSPS) is 10.9. The van der Waals surface area contributed by atoms with Crippen LogP contribution in [0.3, 0.4) is 0 Å². The third-order valence-electron chi connectivity index (χ3n) is 3.75. The zero-order chi connectivity index (χ0) is 17.5. The molecular weight excluding hydrogens is 350 g/mol. The smallest absolute Gasteiger partial charge is 0.230 e. The summed E-state index contributed by atoms with van der Waals surface area (Å²) in [5.74, 6) is 1.15. The van der Waals surface area contributed by atoms with Gasteiger partial charge >= 0.3 is 0 Å². The number of nitrogens with one attached hydrogen (secondary N) is 1. The first-order chi connectivity index (χ1) is 12.3. The van der Waals surface area contributed by atoms with Gasteiger partial charge < -0.3 is 5.32 Å². The van der Waals surface area contributed by atoms with Crippen LogP contribution in [0, 0.1) is 0 Å². The maximum Gasteiger partial charge on any atom is 0.230 e. The van der Waals surface area contributed by atoms with Crippen molar-refractivity contribution in [2.75, 3.05) is 12.3 Å². The molecule has 6 heteroatoms. The summed E-state index contributed by atoms with van der Waals surface area (Å²) in [6.07, 6.45) is 3.34. The van der Waals surface area contributed by atoms with Crippen LogP contribution in [0.4, 0.5) is 0 Å². The van der Waals surface area contributed by atoms with Gasteiger partial charge in [-0.15, -0.1) is 11.3 Å². The molecule has 0 aliphatic carbocycles. The number of amides is 1. The largest absolute Gasteiger partial charge is 0.355 e. The molecule has 0 aliphatic rings. The Hall–Kier alpha value is -1.92. The number of benzene rings is 1. The van der Waals surface area contributed by atoms with E-state index in [9.17, 15) is 4.79 Å². The lowest BCUT2D eigenvalue weighted by Crippen LogP contribution is -2.26. The number of nitrogens with zero attached hydrogens (tertiary/aromatic N) is 2. The number of para-hydroxylation sites is 1. The van der Waals surface area contributed by atoms with Gasteiger partial charge in [0.15, 0.2) is 5.82 Å². The molecule has 2 aromatic heterocycles. The van der Waals surface area contributed by atoms with E-state index in [1.54, 1.807) is 11.3 Å². The third kappa shape index (κ3) is 4.80. The standard InChI is InChI=1S/C19H21N3OS2/c1-2-3-6-11-20-17(23)13-25-19-14-8-4-5-9-15(14)21-18(22-19)16-10-7-12-24-16/h4-5,7-10,12H,2-3,6,11,13H2,1H3,(H,20,23). The Morgan fingerprint density at radius 2 is 2.04 bits per heavy atom. The van der Waals surface area contributed by atoms with Crippen LogP contribution in [0.1, 0.15) is 26.2 Å². The van der Waals surface area contributed by atoms with Crippen molar-refractivity contribution in [1.82, 2.24) is 15.3 Å². The van der Waals surface area contributed by atoms with E-state index in [-0.39, 0.29) is 5.91 Å². The van der Waals surface area contributed by atoms with Crippen molar-refractivity contribution in [2.45, 2.75) is 31.2 Å². The Balaban J connectivity index is 1.74. The molecule has 1 N–H and O–H groups in total. The predicted octanol–water partition coefficient (Wildman–Crippen LogP) is 4.76. The first kappa shape index (κ1) is 17.9. The van der Waals surface area contributed by atoms with Gasteiger partial charge in [0.25, 0.3) is 0 Å². The molecule has 0 aliphatic heterocycles. The van der Waals surface area contributed by atoms with E-state index in [4.69, 9.17) is 4.98 Å². The number of carbonyl (C=O) groups excluding carboxylic acids is 1. The maximum atomic E-state index is 12.1. The van der Waals surface area contributed by atoms with Gasteiger partial charge in [-0.25, -0.2) is 9.97 Å². The molecule has 130 valence electrons. The number of unbranched alkanes of at least 4 members (excludes halogenated alkanes) is 2. The number of hydrogen-bond acceptors (Lipinski definition) is 5. The first-order valence-corrected chi connectivity index (χ1v) is 10.3. The van der Waals surface area contributed by atoms with Crippen molar-refractivity contribution in [3.63, 3.8) is 0 Å². The van der Waals surface area contributed by atoms with Crippen LogP contribution in [0.25, 0.3) is 21.6 Å². The third-order valence-corrected chi connectivity index (χ3v) is 5.61. The van der Waals surface area contributed by atoms with Crippen LogP contribution in [0.2, 0.25) is 0 Å². The molecule has 0 unspecified atom stereocenters. The Labute approximate surface area is 156 Å². The van der Waals surface area contributed by atoms with Crippen molar-refractivity contribution < 1.29 is 4.79 Å². The summed E-state index contributed by atoms with van der Waals surface area (Å²) >= 11 is 3.09. The second-order valence-corrected chi connectivity index (χ2v) is 7.60. The molecule has 0 fully saturated rings. The zero-order valence-corrected chi connectivity index (χ0v) is 15.8. The summed E-state index contributed by atoms with van der Waals surface area (Å²) in [6.45, 7) is 2.90. The fourth-order valence-corrected chi connectivity index (χ4v) is 3.97. The van der Waals surface area contributed by atoms with Gasteiger partial charge in [-0.3, -0.25) is 4.79 Å². The molecule has 3 rings (SSSR count). The zero-order valence-electron chi connectivity index (χ0n) is 14.2. The van der Waals surface area contributed by atoms with Crippen LogP contribution in [-0.2, 0) is 4.79 Å². The summed E-state index contributed by atoms with van der Waals surface area (Å²) in [7, 11) is 0. The second kappa shape index (κ2) is 8.97. The van der Waals surface area contributed by atoms with E-state index >= 15 is 0 Å². The Kier molecular flexibility index (Phi) is 6.42. The Morgan fingerprint density at radius 3 is 2.84 bits per heavy atom. The van der Waals surface area contributed by atoms with Crippen molar-refractivity contribution >= 4 is 39.9 Å². The summed E-state index contributed by atoms with van der Waals surface area (Å²) in [5.41, 5.74) is 0.909. The highest BCUT2D eigenvalue weighted by Gasteiger charge is 2.12. The predicted molar refractivity (Wildman–Crippen MR) is 106 cm³/mol. The number of rotatable bonds is 8. The minimum absolute atomic E-state index is 0.0569. The van der Waals surface area contributed by atoms with Crippen molar-refractivity contribution in [1.29, 1.82) is 0 Å². The van der Waals surface area contributed by atoms with Gasteiger partial charge in [-0.1, -0.05) is 55.8 Å². The van der Waals surface area contributed by atoms with Crippen LogP contribution in [0.15, 0.2) is 46.8 Å². The van der Waals surface area contributed by atoms with Crippen LogP contribution in [-0.4, -0.2) is 28.2 Å². The summed E-state index contributed by atoms with van der Waals surface area (Å²) in [5, 5.41) is 6.85. The average Bonchev–Trinajstić information content (AvgIpc) is 3.18. The molecule has 0 saturated heterocycles. The number of hydrogen-bond donors (Lipinski definition) is 1. The molecule has 0 radical (unpaired) electrons. The fourth-order valence-electron chi connectivity index (χ4n) is 2.46. The molecule has 3 aromatic rings. The van der Waals surface area contributed by atoms with E-state index in [0.29, 0.717) is 5.75 Å². The number of thioether (sulfide) groups is 1. The van der Waals surface area contributed by atoms with Gasteiger partial charge in [0.05, 0.1) is 16.1 Å². The van der Waals surface area contributed by atoms with Crippen molar-refractivity contribution in [3.8, 4) is 10.7 Å². The maximum absolute atomic E-state index is 12.1. The molecule has 0 atom stereocenters. The van der Waals surface area contributed by atoms with Gasteiger partial charge in [0.2, 0.25) is 5.91 Å². The van der Waals surface area contributed by atoms with E-state index in [2.05, 4.69) is 17.2 Å². The lowest BCUT2D eigenvalue weighted by atomic mass is 10.2. The van der Waals surface area contributed by atoms with E-state index < -0.39 is 0 Å². The fraction of sp³-hybridized carbons (Fsp3) is 0.316. The van der Waals surface area contributed by atoms with Crippen LogP contribution < -0.4 is 5.32 Å². The number of carbonyl (C=O) groups is 1. The molecular formula is C19H21N3OS2. The molecule has 25 heavy (non-hydrogen) atoms. The van der Waals surface area contributed by atoms with E-state index in [1.165, 1.54) is 11.8 Å². The van der Waals surface area contributed by atoms with Gasteiger partial charge in [0.1, 0.15) is 5.03 Å². The van der Waals surface area contributed by atoms with Crippen molar-refractivity contribution in [3.05, 3.63) is 41.8 Å². The van der Waals surface area contributed by atoms with Gasteiger partial charge in [-0.05, 0) is 23.9 Å².